The molecule has 2 aromatic rings. The van der Waals surface area contributed by atoms with Gasteiger partial charge in [-0.3, -0.25) is 4.79 Å². The average Bonchev–Trinajstić information content (AvgIpc) is 3.02. The molecule has 0 aliphatic rings. The van der Waals surface area contributed by atoms with Crippen LogP contribution >= 0.6 is 11.6 Å². The number of hydrogen-bond donors (Lipinski definition) is 1. The number of halogens is 1. The SMILES string of the molecule is CC(C)c1ccccc1OCCNC(=O)c1ccc(C(C)Cl)o1. The fourth-order valence-electron chi connectivity index (χ4n) is 2.19. The molecule has 1 aromatic heterocycles. The van der Waals surface area contributed by atoms with Gasteiger partial charge in [0.2, 0.25) is 0 Å². The molecule has 0 aliphatic heterocycles. The molecule has 0 fully saturated rings. The molecule has 1 amide bonds. The van der Waals surface area contributed by atoms with Crippen LogP contribution in [0.15, 0.2) is 40.8 Å². The number of benzene rings is 1. The van der Waals surface area contributed by atoms with Gasteiger partial charge in [-0.2, -0.15) is 0 Å². The Bertz CT molecular complexity index is 649. The normalized spacial score (nSPS) is 12.2. The molecule has 5 heteroatoms. The number of alkyl halides is 1. The maximum atomic E-state index is 12.0. The molecule has 23 heavy (non-hydrogen) atoms. The zero-order valence-electron chi connectivity index (χ0n) is 13.6. The highest BCUT2D eigenvalue weighted by molar-refractivity contribution is 6.20. The molecule has 0 radical (unpaired) electrons. The summed E-state index contributed by atoms with van der Waals surface area (Å²) in [6, 6.07) is 11.3. The summed E-state index contributed by atoms with van der Waals surface area (Å²) in [5.41, 5.74) is 1.16. The van der Waals surface area contributed by atoms with E-state index < -0.39 is 0 Å². The Labute approximate surface area is 141 Å². The lowest BCUT2D eigenvalue weighted by atomic mass is 10.0. The third-order valence-electron chi connectivity index (χ3n) is 3.43. The van der Waals surface area contributed by atoms with Crippen LogP contribution < -0.4 is 10.1 Å². The predicted molar refractivity (Wildman–Crippen MR) is 91.3 cm³/mol. The van der Waals surface area contributed by atoms with E-state index in [1.54, 1.807) is 19.1 Å². The number of ether oxygens (including phenoxy) is 1. The number of amides is 1. The number of rotatable bonds is 7. The van der Waals surface area contributed by atoms with Gasteiger partial charge < -0.3 is 14.5 Å². The highest BCUT2D eigenvalue weighted by atomic mass is 35.5. The molecule has 124 valence electrons. The van der Waals surface area contributed by atoms with Crippen molar-refractivity contribution in [1.82, 2.24) is 5.32 Å². The summed E-state index contributed by atoms with van der Waals surface area (Å²) in [4.78, 5) is 12.0. The first-order chi connectivity index (χ1) is 11.0. The van der Waals surface area contributed by atoms with Crippen LogP contribution in [-0.2, 0) is 0 Å². The van der Waals surface area contributed by atoms with Gasteiger partial charge in [0.1, 0.15) is 18.1 Å². The number of nitrogens with one attached hydrogen (secondary N) is 1. The Morgan fingerprint density at radius 2 is 1.96 bits per heavy atom. The van der Waals surface area contributed by atoms with E-state index in [2.05, 4.69) is 25.2 Å². The highest BCUT2D eigenvalue weighted by Gasteiger charge is 2.13. The molecule has 1 aromatic carbocycles. The zero-order chi connectivity index (χ0) is 16.8. The summed E-state index contributed by atoms with van der Waals surface area (Å²) in [7, 11) is 0. The Kier molecular flexibility index (Phi) is 6.11. The van der Waals surface area contributed by atoms with Crippen LogP contribution in [0.3, 0.4) is 0 Å². The molecule has 4 nitrogen and oxygen atoms in total. The molecular formula is C18H22ClNO3. The third-order valence-corrected chi connectivity index (χ3v) is 3.64. The molecule has 2 rings (SSSR count). The molecule has 0 saturated carbocycles. The number of furan rings is 1. The molecule has 1 atom stereocenters. The quantitative estimate of drug-likeness (QED) is 0.598. The van der Waals surface area contributed by atoms with Crippen molar-refractivity contribution >= 4 is 17.5 Å². The summed E-state index contributed by atoms with van der Waals surface area (Å²) in [5.74, 6) is 1.82. The van der Waals surface area contributed by atoms with Crippen LogP contribution in [0.25, 0.3) is 0 Å². The van der Waals surface area contributed by atoms with E-state index in [9.17, 15) is 4.79 Å². The lowest BCUT2D eigenvalue weighted by Gasteiger charge is -2.13. The van der Waals surface area contributed by atoms with Gasteiger partial charge in [0.15, 0.2) is 5.76 Å². The lowest BCUT2D eigenvalue weighted by molar-refractivity contribution is 0.0917. The number of hydrogen-bond acceptors (Lipinski definition) is 3. The van der Waals surface area contributed by atoms with Gasteiger partial charge in [0.25, 0.3) is 5.91 Å². The summed E-state index contributed by atoms with van der Waals surface area (Å²) in [5, 5.41) is 2.51. The van der Waals surface area contributed by atoms with Gasteiger partial charge in [-0.05, 0) is 36.6 Å². The second-order valence-corrected chi connectivity index (χ2v) is 6.27. The van der Waals surface area contributed by atoms with E-state index in [0.717, 1.165) is 11.3 Å². The molecule has 0 aliphatic carbocycles. The Hall–Kier alpha value is -1.94. The highest BCUT2D eigenvalue weighted by Crippen LogP contribution is 2.25. The zero-order valence-corrected chi connectivity index (χ0v) is 14.4. The average molecular weight is 336 g/mol. The second-order valence-electron chi connectivity index (χ2n) is 5.61. The topological polar surface area (TPSA) is 51.5 Å². The molecule has 0 bridgehead atoms. The maximum absolute atomic E-state index is 12.0. The van der Waals surface area contributed by atoms with Crippen LogP contribution in [-0.4, -0.2) is 19.1 Å². The summed E-state index contributed by atoms with van der Waals surface area (Å²) < 4.78 is 11.1. The summed E-state index contributed by atoms with van der Waals surface area (Å²) >= 11 is 5.91. The van der Waals surface area contributed by atoms with Gasteiger partial charge in [-0.15, -0.1) is 11.6 Å². The summed E-state index contributed by atoms with van der Waals surface area (Å²) in [6.45, 7) is 6.83. The summed E-state index contributed by atoms with van der Waals surface area (Å²) in [6.07, 6.45) is 0. The van der Waals surface area contributed by atoms with Crippen molar-refractivity contribution in [1.29, 1.82) is 0 Å². The van der Waals surface area contributed by atoms with E-state index in [0.29, 0.717) is 24.8 Å². The lowest BCUT2D eigenvalue weighted by Crippen LogP contribution is -2.27. The molecular weight excluding hydrogens is 314 g/mol. The first kappa shape index (κ1) is 17.4. The van der Waals surface area contributed by atoms with Crippen molar-refractivity contribution in [2.45, 2.75) is 32.1 Å². The van der Waals surface area contributed by atoms with Crippen molar-refractivity contribution in [3.8, 4) is 5.75 Å². The minimum absolute atomic E-state index is 0.257. The minimum atomic E-state index is -0.269. The monoisotopic (exact) mass is 335 g/mol. The predicted octanol–water partition coefficient (Wildman–Crippen LogP) is 4.51. The fourth-order valence-corrected chi connectivity index (χ4v) is 2.31. The number of para-hydroxylation sites is 1. The van der Waals surface area contributed by atoms with Gasteiger partial charge in [0.05, 0.1) is 11.9 Å². The Balaban J connectivity index is 1.82. The van der Waals surface area contributed by atoms with E-state index in [-0.39, 0.29) is 17.0 Å². The number of carbonyl (C=O) groups is 1. The van der Waals surface area contributed by atoms with Gasteiger partial charge >= 0.3 is 0 Å². The van der Waals surface area contributed by atoms with Crippen molar-refractivity contribution in [3.05, 3.63) is 53.5 Å². The molecule has 0 spiro atoms. The third kappa shape index (κ3) is 4.76. The first-order valence-corrected chi connectivity index (χ1v) is 8.16. The fraction of sp³-hybridized carbons (Fsp3) is 0.389. The molecule has 1 heterocycles. The van der Waals surface area contributed by atoms with E-state index >= 15 is 0 Å². The minimum Gasteiger partial charge on any atom is -0.491 e. The van der Waals surface area contributed by atoms with Gasteiger partial charge in [0, 0.05) is 0 Å². The first-order valence-electron chi connectivity index (χ1n) is 7.72. The van der Waals surface area contributed by atoms with Crippen LogP contribution in [0.1, 0.15) is 53.9 Å². The molecule has 0 saturated heterocycles. The molecule has 1 unspecified atom stereocenters. The van der Waals surface area contributed by atoms with Crippen LogP contribution in [0.4, 0.5) is 0 Å². The van der Waals surface area contributed by atoms with Gasteiger partial charge in [-0.1, -0.05) is 32.0 Å². The van der Waals surface area contributed by atoms with E-state index in [1.807, 2.05) is 18.2 Å². The van der Waals surface area contributed by atoms with Crippen molar-refractivity contribution in [2.24, 2.45) is 0 Å². The standard InChI is InChI=1S/C18H22ClNO3/c1-12(2)14-6-4-5-7-16(14)22-11-10-20-18(21)17-9-8-15(23-17)13(3)19/h4-9,12-13H,10-11H2,1-3H3,(H,20,21). The van der Waals surface area contributed by atoms with E-state index in [1.165, 1.54) is 0 Å². The van der Waals surface area contributed by atoms with E-state index in [4.69, 9.17) is 20.8 Å². The Morgan fingerprint density at radius 1 is 1.22 bits per heavy atom. The number of carbonyl (C=O) groups excluding carboxylic acids is 1. The van der Waals surface area contributed by atoms with Gasteiger partial charge in [-0.25, -0.2) is 0 Å². The van der Waals surface area contributed by atoms with Crippen molar-refractivity contribution < 1.29 is 13.9 Å². The van der Waals surface area contributed by atoms with Crippen LogP contribution in [0.2, 0.25) is 0 Å². The smallest absolute Gasteiger partial charge is 0.287 e. The van der Waals surface area contributed by atoms with Crippen molar-refractivity contribution in [2.75, 3.05) is 13.2 Å². The van der Waals surface area contributed by atoms with Crippen LogP contribution in [0, 0.1) is 0 Å². The second kappa shape index (κ2) is 8.06. The van der Waals surface area contributed by atoms with Crippen molar-refractivity contribution in [3.63, 3.8) is 0 Å². The maximum Gasteiger partial charge on any atom is 0.287 e. The largest absolute Gasteiger partial charge is 0.491 e. The Morgan fingerprint density at radius 3 is 2.61 bits per heavy atom. The molecule has 1 N–H and O–H groups in total. The van der Waals surface area contributed by atoms with Crippen LogP contribution in [0.5, 0.6) is 5.75 Å².